The summed E-state index contributed by atoms with van der Waals surface area (Å²) in [5.41, 5.74) is 5.42. The normalized spacial score (nSPS) is 11.1. The summed E-state index contributed by atoms with van der Waals surface area (Å²) in [4.78, 5) is 2.19. The van der Waals surface area contributed by atoms with E-state index >= 15 is 0 Å². The fourth-order valence-electron chi connectivity index (χ4n) is 1.13. The van der Waals surface area contributed by atoms with Crippen molar-refractivity contribution in [2.45, 2.75) is 13.0 Å². The predicted molar refractivity (Wildman–Crippen MR) is 51.0 cm³/mol. The molecule has 0 aliphatic heterocycles. The van der Waals surface area contributed by atoms with Crippen LogP contribution >= 0.6 is 0 Å². The van der Waals surface area contributed by atoms with Gasteiger partial charge in [0.1, 0.15) is 12.2 Å². The lowest BCUT2D eigenvalue weighted by atomic mass is 10.4. The van der Waals surface area contributed by atoms with Crippen LogP contribution in [0, 0.1) is 0 Å². The first-order chi connectivity index (χ1) is 6.24. The second kappa shape index (κ2) is 4.94. The van der Waals surface area contributed by atoms with Crippen molar-refractivity contribution in [3.05, 3.63) is 12.2 Å². The van der Waals surface area contributed by atoms with Crippen LogP contribution in [0.4, 0.5) is 0 Å². The van der Waals surface area contributed by atoms with Crippen LogP contribution < -0.4 is 5.73 Å². The van der Waals surface area contributed by atoms with Gasteiger partial charge in [-0.1, -0.05) is 0 Å². The van der Waals surface area contributed by atoms with Crippen molar-refractivity contribution < 1.29 is 0 Å². The molecule has 1 rings (SSSR count). The Kier molecular flexibility index (Phi) is 3.85. The van der Waals surface area contributed by atoms with Gasteiger partial charge in [0.25, 0.3) is 0 Å². The Labute approximate surface area is 78.5 Å². The minimum atomic E-state index is 0.739. The summed E-state index contributed by atoms with van der Waals surface area (Å²) in [6.07, 6.45) is 2.74. The van der Waals surface area contributed by atoms with E-state index < -0.39 is 0 Å². The summed E-state index contributed by atoms with van der Waals surface area (Å²) >= 11 is 0. The Balaban J connectivity index is 2.36. The average molecular weight is 183 g/mol. The molecule has 1 heterocycles. The van der Waals surface area contributed by atoms with Crippen LogP contribution in [0.1, 0.15) is 12.2 Å². The molecule has 5 heteroatoms. The highest BCUT2D eigenvalue weighted by molar-refractivity contribution is 4.83. The van der Waals surface area contributed by atoms with E-state index in [-0.39, 0.29) is 0 Å². The molecule has 0 radical (unpaired) electrons. The van der Waals surface area contributed by atoms with E-state index in [1.807, 2.05) is 11.6 Å². The molecular weight excluding hydrogens is 166 g/mol. The smallest absolute Gasteiger partial charge is 0.146 e. The van der Waals surface area contributed by atoms with Gasteiger partial charge < -0.3 is 10.3 Å². The van der Waals surface area contributed by atoms with Gasteiger partial charge in [-0.3, -0.25) is 4.90 Å². The summed E-state index contributed by atoms with van der Waals surface area (Å²) in [5, 5.41) is 7.82. The first-order valence-electron chi connectivity index (χ1n) is 4.45. The standard InChI is InChI=1S/C8H17N5/c1-12(5-3-4-9)6-8-11-10-7-13(8)2/h7H,3-6,9H2,1-2H3. The van der Waals surface area contributed by atoms with Gasteiger partial charge in [-0.25, -0.2) is 0 Å². The maximum absolute atomic E-state index is 5.42. The van der Waals surface area contributed by atoms with Crippen molar-refractivity contribution in [3.63, 3.8) is 0 Å². The first kappa shape index (κ1) is 10.1. The molecule has 1 aromatic heterocycles. The zero-order chi connectivity index (χ0) is 9.68. The van der Waals surface area contributed by atoms with Gasteiger partial charge in [0.2, 0.25) is 0 Å². The van der Waals surface area contributed by atoms with Gasteiger partial charge in [-0.15, -0.1) is 10.2 Å². The third kappa shape index (κ3) is 3.12. The molecule has 0 saturated heterocycles. The van der Waals surface area contributed by atoms with Crippen molar-refractivity contribution >= 4 is 0 Å². The molecule has 0 aromatic carbocycles. The van der Waals surface area contributed by atoms with Crippen LogP contribution in [-0.4, -0.2) is 39.8 Å². The topological polar surface area (TPSA) is 60.0 Å². The van der Waals surface area contributed by atoms with Crippen molar-refractivity contribution in [2.24, 2.45) is 12.8 Å². The minimum Gasteiger partial charge on any atom is -0.330 e. The molecule has 0 fully saturated rings. The van der Waals surface area contributed by atoms with Crippen LogP contribution in [0.15, 0.2) is 6.33 Å². The van der Waals surface area contributed by atoms with E-state index in [0.29, 0.717) is 0 Å². The van der Waals surface area contributed by atoms with Gasteiger partial charge >= 0.3 is 0 Å². The minimum absolute atomic E-state index is 0.739. The molecule has 0 saturated carbocycles. The Hall–Kier alpha value is -0.940. The van der Waals surface area contributed by atoms with Crippen molar-refractivity contribution in [1.82, 2.24) is 19.7 Å². The number of hydrogen-bond acceptors (Lipinski definition) is 4. The maximum atomic E-state index is 5.42. The van der Waals surface area contributed by atoms with Crippen LogP contribution in [0.3, 0.4) is 0 Å². The van der Waals surface area contributed by atoms with Gasteiger partial charge in [-0.05, 0) is 26.6 Å². The van der Waals surface area contributed by atoms with Gasteiger partial charge in [-0.2, -0.15) is 0 Å². The van der Waals surface area contributed by atoms with E-state index in [1.165, 1.54) is 0 Å². The zero-order valence-electron chi connectivity index (χ0n) is 8.27. The fraction of sp³-hybridized carbons (Fsp3) is 0.750. The monoisotopic (exact) mass is 183 g/mol. The van der Waals surface area contributed by atoms with Gasteiger partial charge in [0, 0.05) is 7.05 Å². The number of hydrogen-bond donors (Lipinski definition) is 1. The highest BCUT2D eigenvalue weighted by Crippen LogP contribution is 1.97. The molecule has 0 aliphatic carbocycles. The van der Waals surface area contributed by atoms with E-state index in [9.17, 15) is 0 Å². The fourth-order valence-corrected chi connectivity index (χ4v) is 1.13. The number of rotatable bonds is 5. The molecule has 1 aromatic rings. The number of aromatic nitrogens is 3. The van der Waals surface area contributed by atoms with Crippen LogP contribution in [0.5, 0.6) is 0 Å². The molecule has 5 nitrogen and oxygen atoms in total. The van der Waals surface area contributed by atoms with E-state index in [2.05, 4.69) is 22.1 Å². The Bertz CT molecular complexity index is 244. The highest BCUT2D eigenvalue weighted by Gasteiger charge is 2.03. The molecule has 0 amide bonds. The highest BCUT2D eigenvalue weighted by atomic mass is 15.3. The SMILES string of the molecule is CN(CCCN)Cc1nncn1C. The van der Waals surface area contributed by atoms with E-state index in [1.54, 1.807) is 6.33 Å². The lowest BCUT2D eigenvalue weighted by Crippen LogP contribution is -2.22. The van der Waals surface area contributed by atoms with Crippen molar-refractivity contribution in [3.8, 4) is 0 Å². The average Bonchev–Trinajstić information content (AvgIpc) is 2.48. The molecular formula is C8H17N5. The summed E-state index contributed by atoms with van der Waals surface area (Å²) in [7, 11) is 4.01. The van der Waals surface area contributed by atoms with Gasteiger partial charge in [0.05, 0.1) is 6.54 Å². The van der Waals surface area contributed by atoms with Gasteiger partial charge in [0.15, 0.2) is 0 Å². The molecule has 0 unspecified atom stereocenters. The molecule has 2 N–H and O–H groups in total. The zero-order valence-corrected chi connectivity index (χ0v) is 8.27. The van der Waals surface area contributed by atoms with E-state index in [0.717, 1.165) is 31.9 Å². The maximum Gasteiger partial charge on any atom is 0.146 e. The lowest BCUT2D eigenvalue weighted by Gasteiger charge is -2.14. The predicted octanol–water partition coefficient (Wildman–Crippen LogP) is -0.404. The number of aryl methyl sites for hydroxylation is 1. The molecule has 13 heavy (non-hydrogen) atoms. The third-order valence-corrected chi connectivity index (χ3v) is 1.96. The second-order valence-electron chi connectivity index (χ2n) is 3.24. The van der Waals surface area contributed by atoms with Crippen molar-refractivity contribution in [1.29, 1.82) is 0 Å². The lowest BCUT2D eigenvalue weighted by molar-refractivity contribution is 0.312. The Morgan fingerprint density at radius 1 is 1.62 bits per heavy atom. The largest absolute Gasteiger partial charge is 0.330 e. The molecule has 0 aliphatic rings. The quantitative estimate of drug-likeness (QED) is 0.674. The summed E-state index contributed by atoms with van der Waals surface area (Å²) < 4.78 is 1.93. The van der Waals surface area contributed by atoms with E-state index in [4.69, 9.17) is 5.73 Å². The summed E-state index contributed by atoms with van der Waals surface area (Å²) in [6.45, 7) is 2.57. The van der Waals surface area contributed by atoms with Crippen LogP contribution in [0.2, 0.25) is 0 Å². The molecule has 74 valence electrons. The summed E-state index contributed by atoms with van der Waals surface area (Å²) in [5.74, 6) is 0.986. The van der Waals surface area contributed by atoms with Crippen LogP contribution in [0.25, 0.3) is 0 Å². The Morgan fingerprint density at radius 2 is 2.38 bits per heavy atom. The Morgan fingerprint density at radius 3 is 2.92 bits per heavy atom. The first-order valence-corrected chi connectivity index (χ1v) is 4.45. The third-order valence-electron chi connectivity index (χ3n) is 1.96. The molecule has 0 spiro atoms. The van der Waals surface area contributed by atoms with Crippen molar-refractivity contribution in [2.75, 3.05) is 20.1 Å². The summed E-state index contributed by atoms with van der Waals surface area (Å²) in [6, 6.07) is 0. The second-order valence-corrected chi connectivity index (χ2v) is 3.24. The molecule has 0 atom stereocenters. The number of nitrogens with zero attached hydrogens (tertiary/aromatic N) is 4. The number of nitrogens with two attached hydrogens (primary N) is 1. The van der Waals surface area contributed by atoms with Crippen LogP contribution in [-0.2, 0) is 13.6 Å². The molecule has 0 bridgehead atoms.